The van der Waals surface area contributed by atoms with Crippen LogP contribution in [-0.4, -0.2) is 31.7 Å². The van der Waals surface area contributed by atoms with Crippen LogP contribution < -0.4 is 0 Å². The fourth-order valence-corrected chi connectivity index (χ4v) is 10.8. The van der Waals surface area contributed by atoms with Crippen LogP contribution in [0.2, 0.25) is 0 Å². The van der Waals surface area contributed by atoms with Crippen LogP contribution in [0.25, 0.3) is 0 Å². The van der Waals surface area contributed by atoms with E-state index in [-0.39, 0.29) is 7.14 Å². The van der Waals surface area contributed by atoms with Crippen LogP contribution in [-0.2, 0) is 23.5 Å². The third-order valence-corrected chi connectivity index (χ3v) is 13.5. The second-order valence-electron chi connectivity index (χ2n) is 10.5. The van der Waals surface area contributed by atoms with E-state index < -0.39 is 64.5 Å². The molecule has 14 heteroatoms. The van der Waals surface area contributed by atoms with Gasteiger partial charge >= 0.3 is 223 Å². The molecule has 0 spiro atoms. The molecule has 0 aliphatic carbocycles. The van der Waals surface area contributed by atoms with E-state index in [1.54, 1.807) is 0 Å². The fourth-order valence-electron chi connectivity index (χ4n) is 3.36. The van der Waals surface area contributed by atoms with E-state index in [9.17, 15) is 47.9 Å². The molecule has 2 aromatic rings. The number of hydrogen-bond acceptors (Lipinski definition) is 3. The molecule has 0 aliphatic heterocycles. The first-order valence-electron chi connectivity index (χ1n) is 10.8. The van der Waals surface area contributed by atoms with Crippen LogP contribution in [0.3, 0.4) is 0 Å². The molecular formula is C24H26F9IO3S. The summed E-state index contributed by atoms with van der Waals surface area (Å²) in [6.07, 6.45) is -22.0. The Morgan fingerprint density at radius 2 is 0.816 bits per heavy atom. The zero-order valence-corrected chi connectivity index (χ0v) is 24.0. The summed E-state index contributed by atoms with van der Waals surface area (Å²) in [5, 5.41) is 0. The predicted molar refractivity (Wildman–Crippen MR) is 133 cm³/mol. The number of halogens is 10. The Labute approximate surface area is 222 Å². The van der Waals surface area contributed by atoms with Gasteiger partial charge < -0.3 is 0 Å². The van der Waals surface area contributed by atoms with E-state index in [2.05, 4.69) is 2.51 Å². The van der Waals surface area contributed by atoms with Crippen molar-refractivity contribution in [2.45, 2.75) is 75.6 Å². The normalized spacial score (nSPS) is 15.0. The molecule has 2 rings (SSSR count). The summed E-state index contributed by atoms with van der Waals surface area (Å²) in [5.41, 5.74) is 0.491. The summed E-state index contributed by atoms with van der Waals surface area (Å²) in [4.78, 5) is 0. The Hall–Kier alpha value is -1.55. The van der Waals surface area contributed by atoms with Gasteiger partial charge in [-0.1, -0.05) is 0 Å². The van der Waals surface area contributed by atoms with E-state index >= 15 is 0 Å². The molecule has 0 unspecified atom stereocenters. The van der Waals surface area contributed by atoms with Crippen molar-refractivity contribution in [2.75, 3.05) is 0 Å². The molecule has 0 atom stereocenters. The molecule has 0 saturated carbocycles. The van der Waals surface area contributed by atoms with E-state index in [1.807, 2.05) is 41.5 Å². The molecular weight excluding hydrogens is 666 g/mol. The molecule has 0 saturated heterocycles. The number of benzene rings is 2. The van der Waals surface area contributed by atoms with E-state index in [1.165, 1.54) is 48.5 Å². The first-order valence-corrected chi connectivity index (χ1v) is 15.3. The molecule has 216 valence electrons. The van der Waals surface area contributed by atoms with Crippen LogP contribution in [0, 0.1) is 7.14 Å². The van der Waals surface area contributed by atoms with Crippen LogP contribution in [0.5, 0.6) is 0 Å². The fraction of sp³-hybridized carbons (Fsp3) is 0.500. The Balaban J connectivity index is 2.82. The molecule has 0 bridgehead atoms. The Morgan fingerprint density at radius 1 is 0.553 bits per heavy atom. The summed E-state index contributed by atoms with van der Waals surface area (Å²) in [7, 11) is -7.44. The Bertz CT molecular complexity index is 1120. The average Bonchev–Trinajstić information content (AvgIpc) is 2.67. The first-order chi connectivity index (χ1) is 16.8. The maximum absolute atomic E-state index is 13.6. The summed E-state index contributed by atoms with van der Waals surface area (Å²) in [6, 6.07) is 10.8. The van der Waals surface area contributed by atoms with Crippen LogP contribution in [0.4, 0.5) is 39.5 Å². The van der Waals surface area contributed by atoms with Gasteiger partial charge in [0.25, 0.3) is 0 Å². The molecule has 0 amide bonds. The van der Waals surface area contributed by atoms with Crippen molar-refractivity contribution >= 4 is 30.4 Å². The standard InChI is InChI=1S/C24H26F9IO3S/c1-19(2,3)15-7-11-17(12-8-15)34(18-13-9-16(10-14-18)20(4,5)6)37-38(35,36)21(22(25,26)27,23(28,29)30)24(31,32)33/h7-14H,1-6H3. The molecule has 38 heavy (non-hydrogen) atoms. The monoisotopic (exact) mass is 692 g/mol. The van der Waals surface area contributed by atoms with Crippen molar-refractivity contribution in [2.24, 2.45) is 0 Å². The van der Waals surface area contributed by atoms with Gasteiger partial charge in [0.05, 0.1) is 0 Å². The molecule has 0 heterocycles. The maximum atomic E-state index is 13.6. The first kappa shape index (κ1) is 32.7. The molecule has 0 fully saturated rings. The Kier molecular flexibility index (Phi) is 8.71. The molecule has 0 aromatic heterocycles. The van der Waals surface area contributed by atoms with Gasteiger partial charge in [-0.05, 0) is 0 Å². The van der Waals surface area contributed by atoms with E-state index in [0.29, 0.717) is 11.1 Å². The third kappa shape index (κ3) is 6.11. The molecule has 3 nitrogen and oxygen atoms in total. The van der Waals surface area contributed by atoms with Crippen molar-refractivity contribution in [1.29, 1.82) is 0 Å². The van der Waals surface area contributed by atoms with Crippen molar-refractivity contribution in [3.05, 3.63) is 66.8 Å². The van der Waals surface area contributed by atoms with Crippen molar-refractivity contribution in [3.63, 3.8) is 0 Å². The Morgan fingerprint density at radius 3 is 1.03 bits per heavy atom. The van der Waals surface area contributed by atoms with Gasteiger partial charge in [0, 0.05) is 0 Å². The summed E-state index contributed by atoms with van der Waals surface area (Å²) in [6.45, 7) is 10.9. The number of alkyl halides is 9. The topological polar surface area (TPSA) is 43.4 Å². The molecule has 2 aromatic carbocycles. The van der Waals surface area contributed by atoms with Crippen LogP contribution >= 0.6 is 20.2 Å². The quantitative estimate of drug-likeness (QED) is 0.233. The zero-order valence-electron chi connectivity index (χ0n) is 21.0. The van der Waals surface area contributed by atoms with Gasteiger partial charge in [0.1, 0.15) is 0 Å². The van der Waals surface area contributed by atoms with Gasteiger partial charge in [0.15, 0.2) is 0 Å². The van der Waals surface area contributed by atoms with Gasteiger partial charge in [-0.25, -0.2) is 0 Å². The minimum atomic E-state index is -7.44. The predicted octanol–water partition coefficient (Wildman–Crippen LogP) is 8.51. The summed E-state index contributed by atoms with van der Waals surface area (Å²) >= 11 is -4.37. The summed E-state index contributed by atoms with van der Waals surface area (Å²) < 4.78 is 145. The number of hydrogen-bond donors (Lipinski definition) is 0. The van der Waals surface area contributed by atoms with Gasteiger partial charge in [0.2, 0.25) is 0 Å². The van der Waals surface area contributed by atoms with Crippen molar-refractivity contribution < 1.29 is 50.4 Å². The van der Waals surface area contributed by atoms with Gasteiger partial charge in [-0.3, -0.25) is 0 Å². The van der Waals surface area contributed by atoms with Crippen molar-refractivity contribution in [1.82, 2.24) is 0 Å². The molecule has 0 N–H and O–H groups in total. The van der Waals surface area contributed by atoms with Gasteiger partial charge in [-0.2, -0.15) is 0 Å². The van der Waals surface area contributed by atoms with Crippen LogP contribution in [0.15, 0.2) is 48.5 Å². The SMILES string of the molecule is CC(C)(C)c1ccc(I(OS(=O)(=O)C(C(F)(F)F)(C(F)(F)F)C(F)(F)F)c2ccc(C(C)(C)C)cc2)cc1. The molecule has 0 aliphatic rings. The second kappa shape index (κ2) is 10.1. The average molecular weight is 692 g/mol. The second-order valence-corrected chi connectivity index (χ2v) is 17.1. The van der Waals surface area contributed by atoms with Gasteiger partial charge in [-0.15, -0.1) is 0 Å². The zero-order chi connectivity index (χ0) is 29.8. The van der Waals surface area contributed by atoms with Crippen molar-refractivity contribution in [3.8, 4) is 0 Å². The third-order valence-electron chi connectivity index (χ3n) is 5.54. The minimum absolute atomic E-state index is 0.116. The van der Waals surface area contributed by atoms with Crippen LogP contribution in [0.1, 0.15) is 52.7 Å². The number of rotatable bonds is 5. The summed E-state index contributed by atoms with van der Waals surface area (Å²) in [5.74, 6) is 0. The molecule has 0 radical (unpaired) electrons. The van der Waals surface area contributed by atoms with E-state index in [4.69, 9.17) is 0 Å². The van der Waals surface area contributed by atoms with E-state index in [0.717, 1.165) is 0 Å².